The number of pyridine rings is 3. The number of nitrogens with two attached hydrogens (primary N) is 1. The fraction of sp³-hybridized carbons (Fsp3) is 0.150. The van der Waals surface area contributed by atoms with Crippen molar-refractivity contribution in [1.29, 1.82) is 0 Å². The lowest BCUT2D eigenvalue weighted by Crippen LogP contribution is -1.97. The van der Waals surface area contributed by atoms with Gasteiger partial charge in [-0.05, 0) is 36.6 Å². The summed E-state index contributed by atoms with van der Waals surface area (Å²) in [6.45, 7) is 1.95. The lowest BCUT2D eigenvalue weighted by molar-refractivity contribution is 0.356. The maximum Gasteiger partial charge on any atom is 0.162 e. The second-order valence-corrected chi connectivity index (χ2v) is 6.02. The number of hydrogen-bond donors (Lipinski definition) is 1. The van der Waals surface area contributed by atoms with E-state index in [2.05, 4.69) is 15.0 Å². The van der Waals surface area contributed by atoms with Crippen LogP contribution >= 0.6 is 0 Å². The lowest BCUT2D eigenvalue weighted by Gasteiger charge is -2.12. The third-order valence-corrected chi connectivity index (χ3v) is 4.42. The van der Waals surface area contributed by atoms with Gasteiger partial charge in [0.05, 0.1) is 25.4 Å². The van der Waals surface area contributed by atoms with Gasteiger partial charge in [0.2, 0.25) is 0 Å². The molecule has 0 saturated carbocycles. The van der Waals surface area contributed by atoms with Gasteiger partial charge in [-0.2, -0.15) is 0 Å². The number of rotatable bonds is 3. The molecule has 0 aliphatic heterocycles. The summed E-state index contributed by atoms with van der Waals surface area (Å²) in [6.07, 6.45) is 3.54. The number of nitrogens with zero attached hydrogens (tertiary/aromatic N) is 3. The molecule has 130 valence electrons. The zero-order chi connectivity index (χ0) is 18.3. The Labute approximate surface area is 150 Å². The lowest BCUT2D eigenvalue weighted by atomic mass is 10.0. The minimum atomic E-state index is 0.433. The largest absolute Gasteiger partial charge is 0.493 e. The molecule has 0 atom stereocenters. The van der Waals surface area contributed by atoms with Gasteiger partial charge >= 0.3 is 0 Å². The number of fused-ring (bicyclic) bond motifs is 3. The number of ether oxygens (including phenoxy) is 2. The van der Waals surface area contributed by atoms with Crippen LogP contribution in [0.4, 0.5) is 5.82 Å². The van der Waals surface area contributed by atoms with E-state index in [-0.39, 0.29) is 0 Å². The van der Waals surface area contributed by atoms with Crippen LogP contribution in [0.25, 0.3) is 32.9 Å². The van der Waals surface area contributed by atoms with E-state index < -0.39 is 0 Å². The van der Waals surface area contributed by atoms with Gasteiger partial charge in [-0.3, -0.25) is 9.97 Å². The zero-order valence-corrected chi connectivity index (χ0v) is 14.8. The molecule has 6 heteroatoms. The fourth-order valence-electron chi connectivity index (χ4n) is 3.03. The van der Waals surface area contributed by atoms with E-state index in [9.17, 15) is 0 Å². The van der Waals surface area contributed by atoms with E-state index in [0.717, 1.165) is 38.6 Å². The van der Waals surface area contributed by atoms with E-state index in [4.69, 9.17) is 15.2 Å². The van der Waals surface area contributed by atoms with Crippen LogP contribution in [0, 0.1) is 6.92 Å². The number of aryl methyl sites for hydroxylation is 1. The van der Waals surface area contributed by atoms with Crippen molar-refractivity contribution in [2.45, 2.75) is 6.92 Å². The van der Waals surface area contributed by atoms with E-state index >= 15 is 0 Å². The number of hydrogen-bond acceptors (Lipinski definition) is 6. The van der Waals surface area contributed by atoms with Crippen molar-refractivity contribution in [3.8, 4) is 22.8 Å². The number of nitrogen functional groups attached to an aromatic ring is 1. The molecule has 0 aliphatic carbocycles. The second-order valence-electron chi connectivity index (χ2n) is 6.02. The van der Waals surface area contributed by atoms with Crippen molar-refractivity contribution in [3.63, 3.8) is 0 Å². The summed E-state index contributed by atoms with van der Waals surface area (Å²) >= 11 is 0. The van der Waals surface area contributed by atoms with Crippen LogP contribution in [0.2, 0.25) is 0 Å². The van der Waals surface area contributed by atoms with Gasteiger partial charge in [-0.25, -0.2) is 4.98 Å². The average Bonchev–Trinajstić information content (AvgIpc) is 2.67. The summed E-state index contributed by atoms with van der Waals surface area (Å²) in [6, 6.07) is 9.73. The minimum Gasteiger partial charge on any atom is -0.493 e. The highest BCUT2D eigenvalue weighted by Gasteiger charge is 2.13. The van der Waals surface area contributed by atoms with Crippen LogP contribution in [0.5, 0.6) is 11.5 Å². The van der Waals surface area contributed by atoms with Crippen LogP contribution in [-0.4, -0.2) is 29.2 Å². The highest BCUT2D eigenvalue weighted by Crippen LogP contribution is 2.36. The first-order valence-corrected chi connectivity index (χ1v) is 8.14. The molecule has 0 amide bonds. The maximum atomic E-state index is 6.21. The van der Waals surface area contributed by atoms with E-state index in [1.165, 1.54) is 0 Å². The summed E-state index contributed by atoms with van der Waals surface area (Å²) in [5, 5.41) is 2.68. The Hall–Kier alpha value is -3.41. The standard InChI is InChI=1S/C20H18N4O2/c1-11-4-5-12(9-22-11)16-6-13-14-7-18(25-2)19(26-3)8-17(14)23-10-15(13)20(21)24-16/h4-10H,1-3H3,(H2,21,24). The Morgan fingerprint density at radius 1 is 0.846 bits per heavy atom. The van der Waals surface area contributed by atoms with Crippen LogP contribution in [0.15, 0.2) is 42.7 Å². The highest BCUT2D eigenvalue weighted by molar-refractivity contribution is 6.10. The molecule has 3 aromatic heterocycles. The molecule has 0 aliphatic rings. The van der Waals surface area contributed by atoms with Crippen LogP contribution < -0.4 is 15.2 Å². The van der Waals surface area contributed by atoms with Gasteiger partial charge in [-0.15, -0.1) is 0 Å². The SMILES string of the molecule is COc1cc2ncc3c(N)nc(-c4ccc(C)nc4)cc3c2cc1OC. The van der Waals surface area contributed by atoms with Crippen LogP contribution in [-0.2, 0) is 0 Å². The first kappa shape index (κ1) is 16.1. The van der Waals surface area contributed by atoms with Gasteiger partial charge in [0.15, 0.2) is 11.5 Å². The molecular formula is C20H18N4O2. The summed E-state index contributed by atoms with van der Waals surface area (Å²) in [7, 11) is 3.22. The Morgan fingerprint density at radius 3 is 2.31 bits per heavy atom. The number of anilines is 1. The first-order valence-electron chi connectivity index (χ1n) is 8.14. The predicted octanol–water partition coefficient (Wildman–Crippen LogP) is 3.75. The van der Waals surface area contributed by atoms with Crippen molar-refractivity contribution >= 4 is 27.5 Å². The van der Waals surface area contributed by atoms with E-state index in [1.54, 1.807) is 26.6 Å². The maximum absolute atomic E-state index is 6.21. The van der Waals surface area contributed by atoms with E-state index in [0.29, 0.717) is 17.3 Å². The van der Waals surface area contributed by atoms with Crippen molar-refractivity contribution < 1.29 is 9.47 Å². The molecular weight excluding hydrogens is 328 g/mol. The Balaban J connectivity index is 2.03. The quantitative estimate of drug-likeness (QED) is 0.569. The van der Waals surface area contributed by atoms with Crippen LogP contribution in [0.3, 0.4) is 0 Å². The molecule has 0 unspecified atom stereocenters. The molecule has 0 fully saturated rings. The van der Waals surface area contributed by atoms with Crippen molar-refractivity contribution in [2.24, 2.45) is 0 Å². The predicted molar refractivity (Wildman–Crippen MR) is 103 cm³/mol. The molecule has 0 spiro atoms. The van der Waals surface area contributed by atoms with Crippen molar-refractivity contribution in [3.05, 3.63) is 48.4 Å². The van der Waals surface area contributed by atoms with Gasteiger partial charge in [0.25, 0.3) is 0 Å². The molecule has 2 N–H and O–H groups in total. The normalized spacial score (nSPS) is 11.0. The van der Waals surface area contributed by atoms with Crippen molar-refractivity contribution in [1.82, 2.24) is 15.0 Å². The number of aromatic nitrogens is 3. The fourth-order valence-corrected chi connectivity index (χ4v) is 3.03. The van der Waals surface area contributed by atoms with Gasteiger partial charge < -0.3 is 15.2 Å². The monoisotopic (exact) mass is 346 g/mol. The molecule has 4 aromatic rings. The Morgan fingerprint density at radius 2 is 1.62 bits per heavy atom. The molecule has 3 heterocycles. The third-order valence-electron chi connectivity index (χ3n) is 4.42. The summed E-state index contributed by atoms with van der Waals surface area (Å²) < 4.78 is 10.8. The summed E-state index contributed by atoms with van der Waals surface area (Å²) in [5.74, 6) is 1.71. The zero-order valence-electron chi connectivity index (χ0n) is 14.8. The van der Waals surface area contributed by atoms with Crippen molar-refractivity contribution in [2.75, 3.05) is 20.0 Å². The summed E-state index contributed by atoms with van der Waals surface area (Å²) in [5.41, 5.74) is 9.65. The number of methoxy groups -OCH3 is 2. The van der Waals surface area contributed by atoms with Gasteiger partial charge in [0.1, 0.15) is 5.82 Å². The van der Waals surface area contributed by atoms with Crippen LogP contribution in [0.1, 0.15) is 5.69 Å². The molecule has 0 saturated heterocycles. The number of benzene rings is 1. The summed E-state index contributed by atoms with van der Waals surface area (Å²) in [4.78, 5) is 13.4. The molecule has 0 bridgehead atoms. The minimum absolute atomic E-state index is 0.433. The smallest absolute Gasteiger partial charge is 0.162 e. The third kappa shape index (κ3) is 2.56. The average molecular weight is 346 g/mol. The molecule has 26 heavy (non-hydrogen) atoms. The topological polar surface area (TPSA) is 83.2 Å². The molecule has 1 aromatic carbocycles. The highest BCUT2D eigenvalue weighted by atomic mass is 16.5. The van der Waals surface area contributed by atoms with Gasteiger partial charge in [-0.1, -0.05) is 0 Å². The molecule has 4 rings (SSSR count). The van der Waals surface area contributed by atoms with E-state index in [1.807, 2.05) is 37.3 Å². The second kappa shape index (κ2) is 6.15. The first-order chi connectivity index (χ1) is 12.6. The Bertz CT molecular complexity index is 1120. The molecule has 6 nitrogen and oxygen atoms in total. The molecule has 0 radical (unpaired) electrons. The van der Waals surface area contributed by atoms with Gasteiger partial charge in [0, 0.05) is 40.5 Å². The Kier molecular flexibility index (Phi) is 3.80.